The second kappa shape index (κ2) is 18.7. The smallest absolute Gasteiger partial charge is 0.414 e. The summed E-state index contributed by atoms with van der Waals surface area (Å²) in [7, 11) is 5.24. The molecule has 0 bridgehead atoms. The molecule has 0 saturated carbocycles. The minimum absolute atomic E-state index is 0.116. The van der Waals surface area contributed by atoms with Crippen LogP contribution >= 0.6 is 11.3 Å². The van der Waals surface area contributed by atoms with E-state index < -0.39 is 29.8 Å². The van der Waals surface area contributed by atoms with E-state index in [1.807, 2.05) is 17.5 Å². The van der Waals surface area contributed by atoms with Crippen LogP contribution in [0.5, 0.6) is 11.5 Å². The van der Waals surface area contributed by atoms with E-state index in [0.29, 0.717) is 40.6 Å². The number of benzene rings is 1. The van der Waals surface area contributed by atoms with Crippen LogP contribution in [0.15, 0.2) is 23.6 Å². The van der Waals surface area contributed by atoms with Gasteiger partial charge in [-0.3, -0.25) is 4.79 Å². The Balaban J connectivity index is 0.000000681. The first-order chi connectivity index (χ1) is 20.7. The third kappa shape index (κ3) is 12.2. The van der Waals surface area contributed by atoms with Crippen molar-refractivity contribution in [1.82, 2.24) is 9.80 Å². The highest BCUT2D eigenvalue weighted by atomic mass is 32.1. The molecule has 1 aliphatic rings. The minimum Gasteiger partial charge on any atom is -0.493 e. The minimum atomic E-state index is -1.82. The van der Waals surface area contributed by atoms with Crippen molar-refractivity contribution in [3.8, 4) is 22.6 Å². The number of likely N-dealkylation sites (N-methyl/N-ethyl adjacent to an activating group) is 1. The normalized spacial score (nSPS) is 12.7. The molecule has 0 radical (unpaired) electrons. The molecule has 16 nitrogen and oxygen atoms in total. The van der Waals surface area contributed by atoms with E-state index in [1.54, 1.807) is 27.2 Å². The van der Waals surface area contributed by atoms with Gasteiger partial charge < -0.3 is 49.8 Å². The van der Waals surface area contributed by atoms with E-state index in [9.17, 15) is 9.59 Å². The first-order valence-corrected chi connectivity index (χ1v) is 13.8. The Labute approximate surface area is 256 Å². The van der Waals surface area contributed by atoms with Crippen molar-refractivity contribution < 1.29 is 63.4 Å². The summed E-state index contributed by atoms with van der Waals surface area (Å²) in [6, 6.07) is 5.45. The maximum atomic E-state index is 12.8. The highest BCUT2D eigenvalue weighted by molar-refractivity contribution is 7.15. The van der Waals surface area contributed by atoms with Gasteiger partial charge in [0.05, 0.1) is 20.8 Å². The lowest BCUT2D eigenvalue weighted by Crippen LogP contribution is -2.45. The summed E-state index contributed by atoms with van der Waals surface area (Å²) in [6.45, 7) is 6.64. The Kier molecular flexibility index (Phi) is 15.9. The number of esters is 1. The van der Waals surface area contributed by atoms with Crippen LogP contribution in [-0.2, 0) is 28.7 Å². The molecular weight excluding hydrogens is 606 g/mol. The predicted octanol–water partition coefficient (Wildman–Crippen LogP) is 1.50. The molecule has 1 aliphatic heterocycles. The summed E-state index contributed by atoms with van der Waals surface area (Å²) in [5, 5.41) is 34.8. The van der Waals surface area contributed by atoms with Gasteiger partial charge in [-0.15, -0.1) is 11.3 Å². The Morgan fingerprint density at radius 1 is 0.864 bits per heavy atom. The molecule has 17 heteroatoms. The van der Waals surface area contributed by atoms with Crippen molar-refractivity contribution in [2.24, 2.45) is 0 Å². The number of hydrogen-bond donors (Lipinski definition) is 5. The third-order valence-corrected chi connectivity index (χ3v) is 6.73. The summed E-state index contributed by atoms with van der Waals surface area (Å²) in [6.07, 6.45) is 0.371. The van der Waals surface area contributed by atoms with Crippen LogP contribution in [0.3, 0.4) is 0 Å². The zero-order valence-corrected chi connectivity index (χ0v) is 25.3. The molecule has 1 fully saturated rings. The highest BCUT2D eigenvalue weighted by Crippen LogP contribution is 2.39. The quantitative estimate of drug-likeness (QED) is 0.193. The van der Waals surface area contributed by atoms with E-state index in [1.165, 1.54) is 11.3 Å². The fourth-order valence-corrected chi connectivity index (χ4v) is 4.57. The molecule has 242 valence electrons. The van der Waals surface area contributed by atoms with Crippen molar-refractivity contribution in [1.29, 1.82) is 0 Å². The van der Waals surface area contributed by atoms with Crippen molar-refractivity contribution in [3.05, 3.63) is 29.1 Å². The van der Waals surface area contributed by atoms with Gasteiger partial charge >= 0.3 is 29.8 Å². The van der Waals surface area contributed by atoms with Crippen molar-refractivity contribution in [3.63, 3.8) is 0 Å². The zero-order valence-electron chi connectivity index (χ0n) is 24.5. The fourth-order valence-electron chi connectivity index (χ4n) is 3.59. The van der Waals surface area contributed by atoms with Crippen molar-refractivity contribution >= 4 is 52.1 Å². The average molecular weight is 642 g/mol. The molecule has 2 aromatic rings. The van der Waals surface area contributed by atoms with Gasteiger partial charge in [0.2, 0.25) is 5.91 Å². The molecular formula is C27H35N3O13S. The van der Waals surface area contributed by atoms with E-state index in [4.69, 9.17) is 53.8 Å². The number of thiophene rings is 1. The number of carboxylic acids is 4. The number of methoxy groups -OCH3 is 2. The summed E-state index contributed by atoms with van der Waals surface area (Å²) in [4.78, 5) is 66.4. The van der Waals surface area contributed by atoms with Crippen LogP contribution in [0.1, 0.15) is 23.7 Å². The number of carbonyl (C=O) groups excluding carboxylic acids is 2. The Bertz CT molecular complexity index is 1270. The second-order valence-electron chi connectivity index (χ2n) is 8.81. The number of hydrogen-bond acceptors (Lipinski definition) is 12. The summed E-state index contributed by atoms with van der Waals surface area (Å²) in [5.41, 5.74) is 1.82. The lowest BCUT2D eigenvalue weighted by Gasteiger charge is -2.32. The maximum Gasteiger partial charge on any atom is 0.414 e. The van der Waals surface area contributed by atoms with Gasteiger partial charge in [0, 0.05) is 50.1 Å². The standard InChI is InChI=1S/C23H31N3O5S.2C2H2O4/c1-5-31-23(28)21-17(16-6-7-18(29-3)19(14-16)30-4)15-32-22(21)24-20(27)8-9-26-12-10-25(2)11-13-26;2*3-1(4)2(5)6/h6-7,14-15H,5,8-13H2,1-4H3,(H,24,27);2*(H,3,4)(H,5,6). The highest BCUT2D eigenvalue weighted by Gasteiger charge is 2.24. The lowest BCUT2D eigenvalue weighted by atomic mass is 10.0. The molecule has 0 atom stereocenters. The van der Waals surface area contributed by atoms with Crippen LogP contribution in [0, 0.1) is 0 Å². The first-order valence-electron chi connectivity index (χ1n) is 12.9. The molecule has 2 heterocycles. The Hall–Kier alpha value is -4.74. The van der Waals surface area contributed by atoms with Crippen LogP contribution in [0.2, 0.25) is 0 Å². The maximum absolute atomic E-state index is 12.8. The molecule has 1 aromatic carbocycles. The van der Waals surface area contributed by atoms with Gasteiger partial charge in [-0.05, 0) is 31.7 Å². The molecule has 5 N–H and O–H groups in total. The number of aliphatic carboxylic acids is 4. The molecule has 44 heavy (non-hydrogen) atoms. The zero-order chi connectivity index (χ0) is 33.4. The molecule has 0 spiro atoms. The Morgan fingerprint density at radius 3 is 1.89 bits per heavy atom. The second-order valence-corrected chi connectivity index (χ2v) is 9.69. The summed E-state index contributed by atoms with van der Waals surface area (Å²) < 4.78 is 16.0. The van der Waals surface area contributed by atoms with Crippen LogP contribution < -0.4 is 14.8 Å². The van der Waals surface area contributed by atoms with E-state index in [0.717, 1.165) is 31.7 Å². The summed E-state index contributed by atoms with van der Waals surface area (Å²) in [5.74, 6) is -6.72. The van der Waals surface area contributed by atoms with Gasteiger partial charge in [0.25, 0.3) is 0 Å². The lowest BCUT2D eigenvalue weighted by molar-refractivity contribution is -0.159. The van der Waals surface area contributed by atoms with Gasteiger partial charge in [0.1, 0.15) is 10.6 Å². The molecule has 1 aromatic heterocycles. The monoisotopic (exact) mass is 641 g/mol. The van der Waals surface area contributed by atoms with Crippen LogP contribution in [0.4, 0.5) is 5.00 Å². The van der Waals surface area contributed by atoms with E-state index in [-0.39, 0.29) is 12.5 Å². The molecule has 1 amide bonds. The van der Waals surface area contributed by atoms with Gasteiger partial charge in [-0.2, -0.15) is 0 Å². The van der Waals surface area contributed by atoms with Crippen molar-refractivity contribution in [2.45, 2.75) is 13.3 Å². The third-order valence-electron chi connectivity index (χ3n) is 5.83. The van der Waals surface area contributed by atoms with Crippen LogP contribution in [0.25, 0.3) is 11.1 Å². The largest absolute Gasteiger partial charge is 0.493 e. The van der Waals surface area contributed by atoms with E-state index in [2.05, 4.69) is 22.2 Å². The summed E-state index contributed by atoms with van der Waals surface area (Å²) >= 11 is 1.31. The molecule has 0 unspecified atom stereocenters. The number of rotatable bonds is 9. The fraction of sp³-hybridized carbons (Fsp3) is 0.407. The number of piperazine rings is 1. The number of ether oxygens (including phenoxy) is 3. The number of anilines is 1. The van der Waals surface area contributed by atoms with Gasteiger partial charge in [0.15, 0.2) is 11.5 Å². The number of nitrogens with zero attached hydrogens (tertiary/aromatic N) is 2. The Morgan fingerprint density at radius 2 is 1.41 bits per heavy atom. The molecule has 3 rings (SSSR count). The SMILES string of the molecule is CCOC(=O)c1c(-c2ccc(OC)c(OC)c2)csc1NC(=O)CCN1CCN(C)CC1.O=C(O)C(=O)O.O=C(O)C(=O)O. The number of nitrogens with one attached hydrogen (secondary N) is 1. The molecule has 1 saturated heterocycles. The number of amides is 1. The number of carbonyl (C=O) groups is 6. The van der Waals surface area contributed by atoms with E-state index >= 15 is 0 Å². The molecule has 0 aliphatic carbocycles. The van der Waals surface area contributed by atoms with Gasteiger partial charge in [-0.1, -0.05) is 6.07 Å². The van der Waals surface area contributed by atoms with Gasteiger partial charge in [-0.25, -0.2) is 24.0 Å². The average Bonchev–Trinajstić information content (AvgIpc) is 3.40. The van der Waals surface area contributed by atoms with Crippen LogP contribution in [-0.4, -0.2) is 127 Å². The number of carboxylic acid groups (broad SMARTS) is 4. The topological polar surface area (TPSA) is 230 Å². The van der Waals surface area contributed by atoms with Crippen molar-refractivity contribution in [2.75, 3.05) is 65.9 Å². The first kappa shape index (κ1) is 37.3. The predicted molar refractivity (Wildman–Crippen MR) is 157 cm³/mol.